The van der Waals surface area contributed by atoms with Crippen molar-refractivity contribution in [3.8, 4) is 0 Å². The van der Waals surface area contributed by atoms with Crippen LogP contribution in [-0.4, -0.2) is 8.42 Å². The van der Waals surface area contributed by atoms with E-state index in [0.29, 0.717) is 21.3 Å². The molecule has 0 aliphatic rings. The van der Waals surface area contributed by atoms with Crippen molar-refractivity contribution in [2.45, 2.75) is 5.75 Å². The molecule has 2 aromatic rings. The molecule has 0 unspecified atom stereocenters. The van der Waals surface area contributed by atoms with Gasteiger partial charge in [-0.3, -0.25) is 4.72 Å². The number of rotatable bonds is 4. The number of hydrogen-bond donors (Lipinski definition) is 1. The third-order valence-corrected chi connectivity index (χ3v) is 4.51. The fourth-order valence-electron chi connectivity index (χ4n) is 1.58. The Bertz CT molecular complexity index is 715. The highest BCUT2D eigenvalue weighted by atomic mass is 35.5. The van der Waals surface area contributed by atoms with Gasteiger partial charge in [-0.05, 0) is 35.9 Å². The number of halogens is 3. The second kappa shape index (κ2) is 6.22. The van der Waals surface area contributed by atoms with Crippen LogP contribution in [0.15, 0.2) is 42.5 Å². The summed E-state index contributed by atoms with van der Waals surface area (Å²) in [6.07, 6.45) is 0. The summed E-state index contributed by atoms with van der Waals surface area (Å²) < 4.78 is 26.5. The Morgan fingerprint density at radius 3 is 2.10 bits per heavy atom. The van der Waals surface area contributed by atoms with E-state index in [1.807, 2.05) is 0 Å². The molecule has 0 aliphatic carbocycles. The molecule has 0 saturated heterocycles. The van der Waals surface area contributed by atoms with Crippen molar-refractivity contribution in [2.24, 2.45) is 0 Å². The zero-order valence-corrected chi connectivity index (χ0v) is 13.2. The van der Waals surface area contributed by atoms with E-state index >= 15 is 0 Å². The molecule has 2 aromatic carbocycles. The predicted molar refractivity (Wildman–Crippen MR) is 84.2 cm³/mol. The molecule has 0 saturated carbocycles. The number of nitrogens with one attached hydrogen (secondary N) is 1. The van der Waals surface area contributed by atoms with Crippen LogP contribution in [-0.2, 0) is 15.8 Å². The Hall–Kier alpha value is -0.940. The maximum atomic E-state index is 12.1. The van der Waals surface area contributed by atoms with Crippen LogP contribution in [0, 0.1) is 0 Å². The van der Waals surface area contributed by atoms with Crippen molar-refractivity contribution in [1.82, 2.24) is 0 Å². The first kappa shape index (κ1) is 15.4. The van der Waals surface area contributed by atoms with Gasteiger partial charge in [0.05, 0.1) is 16.5 Å². The van der Waals surface area contributed by atoms with Gasteiger partial charge in [0.2, 0.25) is 10.0 Å². The Morgan fingerprint density at radius 1 is 0.900 bits per heavy atom. The monoisotopic (exact) mass is 349 g/mol. The van der Waals surface area contributed by atoms with E-state index in [2.05, 4.69) is 4.72 Å². The summed E-state index contributed by atoms with van der Waals surface area (Å²) in [6.45, 7) is 0. The van der Waals surface area contributed by atoms with E-state index in [1.54, 1.807) is 30.3 Å². The van der Waals surface area contributed by atoms with Crippen LogP contribution in [0.1, 0.15) is 5.56 Å². The minimum atomic E-state index is -3.56. The zero-order chi connectivity index (χ0) is 14.8. The maximum absolute atomic E-state index is 12.1. The molecule has 0 radical (unpaired) electrons. The summed E-state index contributed by atoms with van der Waals surface area (Å²) >= 11 is 17.4. The normalized spacial score (nSPS) is 11.3. The standard InChI is InChI=1S/C13H10Cl3NO2S/c14-10-3-1-9(2-4-10)8-20(18,19)17-13-6-5-11(15)7-12(13)16/h1-7,17H,8H2. The van der Waals surface area contributed by atoms with E-state index in [9.17, 15) is 8.42 Å². The zero-order valence-electron chi connectivity index (χ0n) is 10.1. The van der Waals surface area contributed by atoms with Gasteiger partial charge in [0, 0.05) is 10.0 Å². The molecular weight excluding hydrogens is 341 g/mol. The van der Waals surface area contributed by atoms with E-state index < -0.39 is 10.0 Å². The second-order valence-electron chi connectivity index (χ2n) is 4.11. The van der Waals surface area contributed by atoms with Gasteiger partial charge in [-0.15, -0.1) is 0 Å². The Kier molecular flexibility index (Phi) is 4.81. The summed E-state index contributed by atoms with van der Waals surface area (Å²) in [5.41, 5.74) is 0.928. The molecular formula is C13H10Cl3NO2S. The smallest absolute Gasteiger partial charge is 0.236 e. The van der Waals surface area contributed by atoms with Crippen molar-refractivity contribution in [2.75, 3.05) is 4.72 Å². The topological polar surface area (TPSA) is 46.2 Å². The molecule has 0 aromatic heterocycles. The van der Waals surface area contributed by atoms with Crippen LogP contribution in [0.25, 0.3) is 0 Å². The summed E-state index contributed by atoms with van der Waals surface area (Å²) in [7, 11) is -3.56. The first-order valence-corrected chi connectivity index (χ1v) is 8.34. The lowest BCUT2D eigenvalue weighted by Crippen LogP contribution is -2.15. The van der Waals surface area contributed by atoms with Gasteiger partial charge in [0.1, 0.15) is 0 Å². The second-order valence-corrected chi connectivity index (χ2v) is 7.11. The van der Waals surface area contributed by atoms with Crippen molar-refractivity contribution >= 4 is 50.5 Å². The largest absolute Gasteiger partial charge is 0.282 e. The van der Waals surface area contributed by atoms with Crippen molar-refractivity contribution in [3.05, 3.63) is 63.1 Å². The Morgan fingerprint density at radius 2 is 1.50 bits per heavy atom. The molecule has 0 amide bonds. The molecule has 3 nitrogen and oxygen atoms in total. The number of hydrogen-bond acceptors (Lipinski definition) is 2. The molecule has 0 spiro atoms. The lowest BCUT2D eigenvalue weighted by molar-refractivity contribution is 0.600. The lowest BCUT2D eigenvalue weighted by atomic mass is 10.2. The van der Waals surface area contributed by atoms with Crippen molar-refractivity contribution < 1.29 is 8.42 Å². The van der Waals surface area contributed by atoms with Crippen LogP contribution in [0.5, 0.6) is 0 Å². The fourth-order valence-corrected chi connectivity index (χ4v) is 3.43. The number of anilines is 1. The molecule has 0 heterocycles. The molecule has 7 heteroatoms. The third-order valence-electron chi connectivity index (χ3n) is 2.47. The molecule has 1 N–H and O–H groups in total. The fraction of sp³-hybridized carbons (Fsp3) is 0.0769. The van der Waals surface area contributed by atoms with Crippen molar-refractivity contribution in [3.63, 3.8) is 0 Å². The van der Waals surface area contributed by atoms with Gasteiger partial charge in [-0.25, -0.2) is 8.42 Å². The van der Waals surface area contributed by atoms with Gasteiger partial charge < -0.3 is 0 Å². The molecule has 106 valence electrons. The van der Waals surface area contributed by atoms with Crippen LogP contribution >= 0.6 is 34.8 Å². The van der Waals surface area contributed by atoms with E-state index in [0.717, 1.165) is 0 Å². The van der Waals surface area contributed by atoms with E-state index in [4.69, 9.17) is 34.8 Å². The predicted octanol–water partition coefficient (Wildman–Crippen LogP) is 4.59. The molecule has 2 rings (SSSR count). The molecule has 0 aliphatic heterocycles. The summed E-state index contributed by atoms with van der Waals surface area (Å²) in [5.74, 6) is -0.164. The molecule has 0 bridgehead atoms. The SMILES string of the molecule is O=S(=O)(Cc1ccc(Cl)cc1)Nc1ccc(Cl)cc1Cl. The highest BCUT2D eigenvalue weighted by Crippen LogP contribution is 2.26. The average molecular weight is 351 g/mol. The number of benzene rings is 2. The van der Waals surface area contributed by atoms with Crippen LogP contribution in [0.3, 0.4) is 0 Å². The average Bonchev–Trinajstić information content (AvgIpc) is 2.35. The first-order valence-electron chi connectivity index (χ1n) is 5.56. The van der Waals surface area contributed by atoms with Gasteiger partial charge in [0.25, 0.3) is 0 Å². The molecule has 20 heavy (non-hydrogen) atoms. The highest BCUT2D eigenvalue weighted by molar-refractivity contribution is 7.91. The van der Waals surface area contributed by atoms with Gasteiger partial charge in [0.15, 0.2) is 0 Å². The van der Waals surface area contributed by atoms with Gasteiger partial charge in [-0.1, -0.05) is 46.9 Å². The lowest BCUT2D eigenvalue weighted by Gasteiger charge is -2.10. The van der Waals surface area contributed by atoms with Crippen LogP contribution < -0.4 is 4.72 Å². The van der Waals surface area contributed by atoms with E-state index in [-0.39, 0.29) is 10.8 Å². The summed E-state index contributed by atoms with van der Waals surface area (Å²) in [6, 6.07) is 11.2. The van der Waals surface area contributed by atoms with E-state index in [1.165, 1.54) is 12.1 Å². The summed E-state index contributed by atoms with van der Waals surface area (Å²) in [4.78, 5) is 0. The molecule has 0 fully saturated rings. The third kappa shape index (κ3) is 4.28. The van der Waals surface area contributed by atoms with Gasteiger partial charge >= 0.3 is 0 Å². The Balaban J connectivity index is 2.17. The first-order chi connectivity index (χ1) is 9.35. The van der Waals surface area contributed by atoms with Crippen LogP contribution in [0.4, 0.5) is 5.69 Å². The minimum absolute atomic E-state index is 0.164. The Labute approximate surface area is 132 Å². The van der Waals surface area contributed by atoms with Gasteiger partial charge in [-0.2, -0.15) is 0 Å². The minimum Gasteiger partial charge on any atom is -0.282 e. The summed E-state index contributed by atoms with van der Waals surface area (Å²) in [5, 5.41) is 1.24. The molecule has 0 atom stereocenters. The quantitative estimate of drug-likeness (QED) is 0.876. The highest BCUT2D eigenvalue weighted by Gasteiger charge is 2.13. The van der Waals surface area contributed by atoms with Crippen molar-refractivity contribution in [1.29, 1.82) is 0 Å². The maximum Gasteiger partial charge on any atom is 0.236 e. The number of sulfonamides is 1. The van der Waals surface area contributed by atoms with Crippen LogP contribution in [0.2, 0.25) is 15.1 Å².